The molecular formula is C17H21N3O3. The fourth-order valence-corrected chi connectivity index (χ4v) is 2.56. The van der Waals surface area contributed by atoms with Crippen molar-refractivity contribution in [2.45, 2.75) is 12.6 Å². The van der Waals surface area contributed by atoms with Crippen molar-refractivity contribution in [1.29, 1.82) is 0 Å². The standard InChI is InChI=1S/C17H21N3O3/c1-21-15-4-2-14(3-5-15)11-20-8-9-22-13-16(12-20)23-17-10-18-6-7-19-17/h2-7,10,16H,8-9,11-13H2,1H3. The Morgan fingerprint density at radius 1 is 1.26 bits per heavy atom. The predicted octanol–water partition coefficient (Wildman–Crippen LogP) is 1.76. The molecule has 1 fully saturated rings. The molecule has 2 heterocycles. The zero-order chi connectivity index (χ0) is 15.9. The van der Waals surface area contributed by atoms with Crippen molar-refractivity contribution in [3.8, 4) is 11.6 Å². The zero-order valence-electron chi connectivity index (χ0n) is 13.2. The third kappa shape index (κ3) is 4.64. The minimum Gasteiger partial charge on any atom is -0.497 e. The number of nitrogens with zero attached hydrogens (tertiary/aromatic N) is 3. The van der Waals surface area contributed by atoms with Gasteiger partial charge in [0, 0.05) is 32.0 Å². The Kier molecular flexibility index (Phi) is 5.39. The quantitative estimate of drug-likeness (QED) is 0.838. The van der Waals surface area contributed by atoms with Crippen molar-refractivity contribution < 1.29 is 14.2 Å². The van der Waals surface area contributed by atoms with Crippen molar-refractivity contribution >= 4 is 0 Å². The summed E-state index contributed by atoms with van der Waals surface area (Å²) in [5, 5.41) is 0. The van der Waals surface area contributed by atoms with E-state index in [-0.39, 0.29) is 6.10 Å². The molecule has 122 valence electrons. The zero-order valence-corrected chi connectivity index (χ0v) is 13.2. The molecule has 1 saturated heterocycles. The summed E-state index contributed by atoms with van der Waals surface area (Å²) in [6.07, 6.45) is 4.83. The first-order valence-corrected chi connectivity index (χ1v) is 7.69. The molecule has 6 nitrogen and oxygen atoms in total. The lowest BCUT2D eigenvalue weighted by molar-refractivity contribution is 0.0681. The second-order valence-corrected chi connectivity index (χ2v) is 5.44. The minimum absolute atomic E-state index is 0.0487. The van der Waals surface area contributed by atoms with E-state index < -0.39 is 0 Å². The minimum atomic E-state index is -0.0487. The number of hydrogen-bond acceptors (Lipinski definition) is 6. The first kappa shape index (κ1) is 15.7. The van der Waals surface area contributed by atoms with Crippen LogP contribution in [0.3, 0.4) is 0 Å². The highest BCUT2D eigenvalue weighted by Crippen LogP contribution is 2.15. The Hall–Kier alpha value is -2.18. The van der Waals surface area contributed by atoms with E-state index in [0.29, 0.717) is 19.1 Å². The molecule has 1 unspecified atom stereocenters. The second-order valence-electron chi connectivity index (χ2n) is 5.44. The molecule has 1 aromatic heterocycles. The number of aromatic nitrogens is 2. The molecule has 0 radical (unpaired) electrons. The maximum atomic E-state index is 5.88. The van der Waals surface area contributed by atoms with Gasteiger partial charge in [-0.1, -0.05) is 12.1 Å². The molecule has 0 N–H and O–H groups in total. The van der Waals surface area contributed by atoms with Crippen molar-refractivity contribution in [1.82, 2.24) is 14.9 Å². The van der Waals surface area contributed by atoms with Gasteiger partial charge in [0.25, 0.3) is 0 Å². The first-order chi connectivity index (χ1) is 11.3. The van der Waals surface area contributed by atoms with E-state index >= 15 is 0 Å². The molecule has 0 bridgehead atoms. The molecule has 1 aliphatic rings. The average Bonchev–Trinajstić information content (AvgIpc) is 2.81. The monoisotopic (exact) mass is 315 g/mol. The van der Waals surface area contributed by atoms with E-state index in [1.165, 1.54) is 5.56 Å². The summed E-state index contributed by atoms with van der Waals surface area (Å²) in [6.45, 7) is 3.80. The summed E-state index contributed by atoms with van der Waals surface area (Å²) < 4.78 is 16.7. The van der Waals surface area contributed by atoms with Crippen LogP contribution in [0.4, 0.5) is 0 Å². The first-order valence-electron chi connectivity index (χ1n) is 7.69. The van der Waals surface area contributed by atoms with Gasteiger partial charge in [0.2, 0.25) is 5.88 Å². The van der Waals surface area contributed by atoms with Crippen LogP contribution in [-0.2, 0) is 11.3 Å². The van der Waals surface area contributed by atoms with Gasteiger partial charge in [0.15, 0.2) is 0 Å². The average molecular weight is 315 g/mol. The van der Waals surface area contributed by atoms with Gasteiger partial charge < -0.3 is 14.2 Å². The van der Waals surface area contributed by atoms with Crippen LogP contribution in [0.1, 0.15) is 5.56 Å². The van der Waals surface area contributed by atoms with Gasteiger partial charge in [-0.2, -0.15) is 0 Å². The van der Waals surface area contributed by atoms with Crippen molar-refractivity contribution in [2.75, 3.05) is 33.4 Å². The summed E-state index contributed by atoms with van der Waals surface area (Å²) >= 11 is 0. The SMILES string of the molecule is COc1ccc(CN2CCOCC(Oc3cnccn3)C2)cc1. The van der Waals surface area contributed by atoms with Gasteiger partial charge in [-0.05, 0) is 17.7 Å². The van der Waals surface area contributed by atoms with Gasteiger partial charge in [-0.15, -0.1) is 0 Å². The summed E-state index contributed by atoms with van der Waals surface area (Å²) in [5.41, 5.74) is 1.24. The van der Waals surface area contributed by atoms with E-state index in [0.717, 1.165) is 25.4 Å². The number of methoxy groups -OCH3 is 1. The van der Waals surface area contributed by atoms with Crippen LogP contribution in [0.2, 0.25) is 0 Å². The fourth-order valence-electron chi connectivity index (χ4n) is 2.56. The van der Waals surface area contributed by atoms with Gasteiger partial charge in [-0.25, -0.2) is 4.98 Å². The molecular weight excluding hydrogens is 294 g/mol. The summed E-state index contributed by atoms with van der Waals surface area (Å²) in [6, 6.07) is 8.14. The number of benzene rings is 1. The lowest BCUT2D eigenvalue weighted by Gasteiger charge is -2.23. The van der Waals surface area contributed by atoms with Gasteiger partial charge in [0.1, 0.15) is 11.9 Å². The Bertz CT molecular complexity index is 592. The molecule has 0 spiro atoms. The van der Waals surface area contributed by atoms with Gasteiger partial charge in [-0.3, -0.25) is 9.88 Å². The highest BCUT2D eigenvalue weighted by Gasteiger charge is 2.20. The van der Waals surface area contributed by atoms with Crippen molar-refractivity contribution in [2.24, 2.45) is 0 Å². The Morgan fingerprint density at radius 3 is 2.87 bits per heavy atom. The van der Waals surface area contributed by atoms with Gasteiger partial charge >= 0.3 is 0 Å². The molecule has 23 heavy (non-hydrogen) atoms. The number of hydrogen-bond donors (Lipinski definition) is 0. The highest BCUT2D eigenvalue weighted by atomic mass is 16.5. The van der Waals surface area contributed by atoms with Gasteiger partial charge in [0.05, 0.1) is 26.5 Å². The molecule has 6 heteroatoms. The molecule has 0 amide bonds. The molecule has 3 rings (SSSR count). The van der Waals surface area contributed by atoms with Crippen LogP contribution in [-0.4, -0.2) is 54.4 Å². The Labute approximate surface area is 136 Å². The third-order valence-electron chi connectivity index (χ3n) is 3.71. The van der Waals surface area contributed by atoms with Crippen LogP contribution < -0.4 is 9.47 Å². The smallest absolute Gasteiger partial charge is 0.232 e. The van der Waals surface area contributed by atoms with Crippen LogP contribution in [0.5, 0.6) is 11.6 Å². The molecule has 1 aliphatic heterocycles. The van der Waals surface area contributed by atoms with Crippen molar-refractivity contribution in [3.05, 3.63) is 48.4 Å². The molecule has 0 aliphatic carbocycles. The predicted molar refractivity (Wildman–Crippen MR) is 85.5 cm³/mol. The normalized spacial score (nSPS) is 19.1. The van der Waals surface area contributed by atoms with Crippen molar-refractivity contribution in [3.63, 3.8) is 0 Å². The Morgan fingerprint density at radius 2 is 2.13 bits per heavy atom. The van der Waals surface area contributed by atoms with Crippen LogP contribution in [0.25, 0.3) is 0 Å². The summed E-state index contributed by atoms with van der Waals surface area (Å²) in [4.78, 5) is 10.5. The van der Waals surface area contributed by atoms with E-state index in [1.54, 1.807) is 25.7 Å². The fraction of sp³-hybridized carbons (Fsp3) is 0.412. The second kappa shape index (κ2) is 7.89. The lowest BCUT2D eigenvalue weighted by Crippen LogP contribution is -2.35. The number of rotatable bonds is 5. The third-order valence-corrected chi connectivity index (χ3v) is 3.71. The molecule has 1 atom stereocenters. The van der Waals surface area contributed by atoms with Crippen LogP contribution in [0, 0.1) is 0 Å². The highest BCUT2D eigenvalue weighted by molar-refractivity contribution is 5.27. The topological polar surface area (TPSA) is 56.7 Å². The van der Waals surface area contributed by atoms with E-state index in [9.17, 15) is 0 Å². The van der Waals surface area contributed by atoms with Crippen LogP contribution in [0.15, 0.2) is 42.9 Å². The van der Waals surface area contributed by atoms with Crippen LogP contribution >= 0.6 is 0 Å². The maximum absolute atomic E-state index is 5.88. The molecule has 0 saturated carbocycles. The lowest BCUT2D eigenvalue weighted by atomic mass is 10.2. The largest absolute Gasteiger partial charge is 0.497 e. The maximum Gasteiger partial charge on any atom is 0.232 e. The van der Waals surface area contributed by atoms with E-state index in [1.807, 2.05) is 12.1 Å². The number of ether oxygens (including phenoxy) is 3. The summed E-state index contributed by atoms with van der Waals surface area (Å²) in [7, 11) is 1.68. The molecule has 1 aromatic carbocycles. The summed E-state index contributed by atoms with van der Waals surface area (Å²) in [5.74, 6) is 1.41. The van der Waals surface area contributed by atoms with E-state index in [4.69, 9.17) is 14.2 Å². The Balaban J connectivity index is 1.60. The van der Waals surface area contributed by atoms with E-state index in [2.05, 4.69) is 27.0 Å². The molecule has 2 aromatic rings.